The van der Waals surface area contributed by atoms with Crippen LogP contribution in [0.1, 0.15) is 48.2 Å². The van der Waals surface area contributed by atoms with Crippen molar-refractivity contribution < 1.29 is 4.79 Å². The molecule has 0 aliphatic heterocycles. The Morgan fingerprint density at radius 3 is 2.50 bits per heavy atom. The van der Waals surface area contributed by atoms with Gasteiger partial charge >= 0.3 is 6.03 Å². The molecule has 1 aromatic heterocycles. The number of nitrogens with zero attached hydrogens (tertiary/aromatic N) is 1. The predicted molar refractivity (Wildman–Crippen MR) is 99.3 cm³/mol. The predicted octanol–water partition coefficient (Wildman–Crippen LogP) is 4.06. The molecular formula is C20H29N3O. The van der Waals surface area contributed by atoms with Gasteiger partial charge in [-0.3, -0.25) is 0 Å². The lowest BCUT2D eigenvalue weighted by Gasteiger charge is -2.16. The number of urea groups is 1. The lowest BCUT2D eigenvalue weighted by atomic mass is 10.00. The fraction of sp³-hybridized carbons (Fsp3) is 0.450. The lowest BCUT2D eigenvalue weighted by molar-refractivity contribution is 0.237. The number of rotatable bonds is 6. The Kier molecular flexibility index (Phi) is 6.07. The van der Waals surface area contributed by atoms with Gasteiger partial charge in [-0.25, -0.2) is 4.79 Å². The molecular weight excluding hydrogens is 298 g/mol. The van der Waals surface area contributed by atoms with E-state index in [9.17, 15) is 4.79 Å². The van der Waals surface area contributed by atoms with Crippen LogP contribution in [0.15, 0.2) is 30.5 Å². The van der Waals surface area contributed by atoms with Crippen molar-refractivity contribution in [1.29, 1.82) is 0 Å². The molecule has 1 heterocycles. The van der Waals surface area contributed by atoms with Crippen LogP contribution in [0.4, 0.5) is 4.79 Å². The first-order valence-electron chi connectivity index (χ1n) is 8.65. The van der Waals surface area contributed by atoms with E-state index in [1.165, 1.54) is 22.3 Å². The van der Waals surface area contributed by atoms with Crippen LogP contribution in [0.2, 0.25) is 0 Å². The quantitative estimate of drug-likeness (QED) is 0.826. The number of nitrogens with one attached hydrogen (secondary N) is 2. The molecule has 130 valence electrons. The van der Waals surface area contributed by atoms with Gasteiger partial charge in [0.05, 0.1) is 6.54 Å². The molecule has 0 aliphatic carbocycles. The molecule has 24 heavy (non-hydrogen) atoms. The Balaban J connectivity index is 2.05. The normalized spacial score (nSPS) is 12.0. The third-order valence-corrected chi connectivity index (χ3v) is 4.51. The highest BCUT2D eigenvalue weighted by Crippen LogP contribution is 2.18. The van der Waals surface area contributed by atoms with E-state index >= 15 is 0 Å². The van der Waals surface area contributed by atoms with Crippen molar-refractivity contribution >= 4 is 6.03 Å². The minimum atomic E-state index is -0.111. The maximum atomic E-state index is 11.9. The van der Waals surface area contributed by atoms with Crippen LogP contribution in [0.25, 0.3) is 0 Å². The first-order valence-corrected chi connectivity index (χ1v) is 8.65. The number of aryl methyl sites for hydroxylation is 3. The molecule has 4 heteroatoms. The number of hydrogen-bond donors (Lipinski definition) is 2. The second kappa shape index (κ2) is 8.04. The molecule has 0 bridgehead atoms. The highest BCUT2D eigenvalue weighted by molar-refractivity contribution is 5.74. The third kappa shape index (κ3) is 4.63. The summed E-state index contributed by atoms with van der Waals surface area (Å²) in [6, 6.07) is 8.62. The molecule has 0 spiro atoms. The van der Waals surface area contributed by atoms with Gasteiger partial charge in [-0.15, -0.1) is 0 Å². The summed E-state index contributed by atoms with van der Waals surface area (Å²) in [6.45, 7) is 11.9. The van der Waals surface area contributed by atoms with Gasteiger partial charge in [0.15, 0.2) is 0 Å². The number of hydrogen-bond acceptors (Lipinski definition) is 1. The van der Waals surface area contributed by atoms with Crippen molar-refractivity contribution in [2.24, 2.45) is 0 Å². The highest BCUT2D eigenvalue weighted by atomic mass is 16.2. The first-order chi connectivity index (χ1) is 11.4. The van der Waals surface area contributed by atoms with Crippen molar-refractivity contribution in [2.75, 3.05) is 0 Å². The number of carbonyl (C=O) groups is 1. The summed E-state index contributed by atoms with van der Waals surface area (Å²) in [6.07, 6.45) is 3.00. The van der Waals surface area contributed by atoms with Crippen molar-refractivity contribution in [3.63, 3.8) is 0 Å². The van der Waals surface area contributed by atoms with Gasteiger partial charge in [-0.05, 0) is 62.9 Å². The number of benzene rings is 1. The Morgan fingerprint density at radius 1 is 1.21 bits per heavy atom. The molecule has 0 aliphatic rings. The van der Waals surface area contributed by atoms with Gasteiger partial charge < -0.3 is 15.2 Å². The van der Waals surface area contributed by atoms with E-state index in [4.69, 9.17) is 0 Å². The standard InChI is InChI=1S/C20H29N3O/c1-6-17(5)22-20(24)21-12-18-8-7-9-23(18)13-19-15(3)10-14(2)11-16(19)4/h7-11,17H,6,12-13H2,1-5H3,(H2,21,22,24)/t17-/m1/s1. The van der Waals surface area contributed by atoms with Crippen LogP contribution in [0, 0.1) is 20.8 Å². The highest BCUT2D eigenvalue weighted by Gasteiger charge is 2.09. The second-order valence-corrected chi connectivity index (χ2v) is 6.64. The van der Waals surface area contributed by atoms with Crippen LogP contribution in [0.5, 0.6) is 0 Å². The number of aromatic nitrogens is 1. The van der Waals surface area contributed by atoms with Gasteiger partial charge in [0, 0.05) is 24.5 Å². The summed E-state index contributed by atoms with van der Waals surface area (Å²) in [7, 11) is 0. The number of carbonyl (C=O) groups excluding carboxylic acids is 1. The van der Waals surface area contributed by atoms with Gasteiger partial charge in [0.1, 0.15) is 0 Å². The van der Waals surface area contributed by atoms with Gasteiger partial charge in [-0.1, -0.05) is 24.6 Å². The third-order valence-electron chi connectivity index (χ3n) is 4.51. The summed E-state index contributed by atoms with van der Waals surface area (Å²) >= 11 is 0. The molecule has 2 N–H and O–H groups in total. The molecule has 0 saturated carbocycles. The van der Waals surface area contributed by atoms with E-state index in [1.807, 2.05) is 13.0 Å². The molecule has 0 saturated heterocycles. The van der Waals surface area contributed by atoms with Crippen molar-refractivity contribution in [1.82, 2.24) is 15.2 Å². The zero-order chi connectivity index (χ0) is 17.7. The summed E-state index contributed by atoms with van der Waals surface area (Å²) in [5.74, 6) is 0. The Morgan fingerprint density at radius 2 is 1.88 bits per heavy atom. The van der Waals surface area contributed by atoms with Crippen LogP contribution < -0.4 is 10.6 Å². The molecule has 2 rings (SSSR count). The van der Waals surface area contributed by atoms with Crippen molar-refractivity contribution in [3.05, 3.63) is 58.4 Å². The summed E-state index contributed by atoms with van der Waals surface area (Å²) < 4.78 is 2.20. The van der Waals surface area contributed by atoms with Gasteiger partial charge in [0.2, 0.25) is 0 Å². The maximum absolute atomic E-state index is 11.9. The first kappa shape index (κ1) is 18.1. The Hall–Kier alpha value is -2.23. The summed E-state index contributed by atoms with van der Waals surface area (Å²) in [5, 5.41) is 5.87. The van der Waals surface area contributed by atoms with E-state index in [0.717, 1.165) is 18.7 Å². The summed E-state index contributed by atoms with van der Waals surface area (Å²) in [4.78, 5) is 11.9. The topological polar surface area (TPSA) is 46.1 Å². The van der Waals surface area contributed by atoms with Crippen molar-refractivity contribution in [2.45, 2.75) is 60.2 Å². The van der Waals surface area contributed by atoms with Crippen LogP contribution in [-0.4, -0.2) is 16.6 Å². The smallest absolute Gasteiger partial charge is 0.315 e. The SMILES string of the molecule is CC[C@@H](C)NC(=O)NCc1cccn1Cc1c(C)cc(C)cc1C. The largest absolute Gasteiger partial charge is 0.345 e. The average Bonchev–Trinajstić information content (AvgIpc) is 2.95. The minimum absolute atomic E-state index is 0.111. The maximum Gasteiger partial charge on any atom is 0.315 e. The van der Waals surface area contributed by atoms with Crippen molar-refractivity contribution in [3.8, 4) is 0 Å². The molecule has 1 atom stereocenters. The van der Waals surface area contributed by atoms with Crippen LogP contribution in [0.3, 0.4) is 0 Å². The average molecular weight is 327 g/mol. The molecule has 2 aromatic rings. The Bertz CT molecular complexity index is 680. The van der Waals surface area contributed by atoms with Crippen LogP contribution in [-0.2, 0) is 13.1 Å². The fourth-order valence-electron chi connectivity index (χ4n) is 2.94. The molecule has 2 amide bonds. The van der Waals surface area contributed by atoms with Gasteiger partial charge in [-0.2, -0.15) is 0 Å². The number of amides is 2. The molecule has 1 aromatic carbocycles. The zero-order valence-electron chi connectivity index (χ0n) is 15.4. The lowest BCUT2D eigenvalue weighted by Crippen LogP contribution is -2.40. The monoisotopic (exact) mass is 327 g/mol. The molecule has 4 nitrogen and oxygen atoms in total. The molecule has 0 fully saturated rings. The van der Waals surface area contributed by atoms with E-state index in [-0.39, 0.29) is 12.1 Å². The summed E-state index contributed by atoms with van der Waals surface area (Å²) in [5.41, 5.74) is 6.38. The Labute approximate surface area is 145 Å². The van der Waals surface area contributed by atoms with E-state index in [1.54, 1.807) is 0 Å². The fourth-order valence-corrected chi connectivity index (χ4v) is 2.94. The van der Waals surface area contributed by atoms with E-state index in [0.29, 0.717) is 6.54 Å². The van der Waals surface area contributed by atoms with Gasteiger partial charge in [0.25, 0.3) is 0 Å². The van der Waals surface area contributed by atoms with E-state index < -0.39 is 0 Å². The van der Waals surface area contributed by atoms with E-state index in [2.05, 4.69) is 67.3 Å². The zero-order valence-corrected chi connectivity index (χ0v) is 15.4. The molecule has 0 radical (unpaired) electrons. The minimum Gasteiger partial charge on any atom is -0.345 e. The second-order valence-electron chi connectivity index (χ2n) is 6.64. The van der Waals surface area contributed by atoms with Crippen LogP contribution >= 0.6 is 0 Å². The molecule has 0 unspecified atom stereocenters.